The summed E-state index contributed by atoms with van der Waals surface area (Å²) in [6.45, 7) is 4.31. The highest BCUT2D eigenvalue weighted by atomic mass is 19.1. The number of halogens is 1. The summed E-state index contributed by atoms with van der Waals surface area (Å²) in [5, 5.41) is 8.52. The minimum atomic E-state index is -2.09. The lowest BCUT2D eigenvalue weighted by Crippen LogP contribution is -2.70. The monoisotopic (exact) mass is 601 g/mol. The van der Waals surface area contributed by atoms with E-state index in [-0.39, 0.29) is 35.8 Å². The molecule has 0 aliphatic carbocycles. The van der Waals surface area contributed by atoms with Gasteiger partial charge in [0.15, 0.2) is 5.66 Å². The number of amides is 3. The Hall–Kier alpha value is -4.44. The molecule has 1 saturated heterocycles. The highest BCUT2D eigenvalue weighted by Crippen LogP contribution is 2.33. The van der Waals surface area contributed by atoms with Gasteiger partial charge in [0.05, 0.1) is 5.56 Å². The van der Waals surface area contributed by atoms with Gasteiger partial charge in [-0.15, -0.1) is 0 Å². The van der Waals surface area contributed by atoms with Crippen molar-refractivity contribution in [3.63, 3.8) is 0 Å². The Morgan fingerprint density at radius 2 is 1.75 bits per heavy atom. The third-order valence-electron chi connectivity index (χ3n) is 8.01. The molecule has 4 atom stereocenters. The molecule has 0 bridgehead atoms. The lowest BCUT2D eigenvalue weighted by molar-refractivity contribution is -0.130. The molecule has 0 saturated carbocycles. The van der Waals surface area contributed by atoms with Gasteiger partial charge in [0, 0.05) is 36.3 Å². The summed E-state index contributed by atoms with van der Waals surface area (Å²) in [6, 6.07) is 16.4. The summed E-state index contributed by atoms with van der Waals surface area (Å²) >= 11 is 0. The maximum atomic E-state index is 14.4. The van der Waals surface area contributed by atoms with Gasteiger partial charge in [0.1, 0.15) is 11.9 Å². The molecule has 4 unspecified atom stereocenters. The van der Waals surface area contributed by atoms with E-state index in [1.54, 1.807) is 12.1 Å². The first-order valence-electron chi connectivity index (χ1n) is 15.0. The fourth-order valence-corrected chi connectivity index (χ4v) is 5.73. The molecule has 1 aliphatic rings. The number of pyridine rings is 1. The van der Waals surface area contributed by atoms with Crippen molar-refractivity contribution in [1.82, 2.24) is 20.9 Å². The van der Waals surface area contributed by atoms with Crippen LogP contribution in [0.25, 0.3) is 0 Å². The number of nitrogens with one attached hydrogen (secondary N) is 3. The molecule has 0 spiro atoms. The molecular formula is C34H40FN5O4. The van der Waals surface area contributed by atoms with E-state index in [2.05, 4.69) is 20.9 Å². The fourth-order valence-electron chi connectivity index (χ4n) is 5.73. The number of nitrogens with two attached hydrogens (primary N) is 1. The van der Waals surface area contributed by atoms with E-state index in [0.29, 0.717) is 13.0 Å². The van der Waals surface area contributed by atoms with Gasteiger partial charge in [-0.1, -0.05) is 50.6 Å². The van der Waals surface area contributed by atoms with Crippen LogP contribution in [0.15, 0.2) is 79.1 Å². The first kappa shape index (κ1) is 32.5. The number of nitrogens with zero attached hydrogens (tertiary/aromatic N) is 1. The van der Waals surface area contributed by atoms with E-state index in [0.717, 1.165) is 30.5 Å². The number of hydrogen-bond donors (Lipinski definition) is 4. The van der Waals surface area contributed by atoms with Crippen LogP contribution in [0.2, 0.25) is 0 Å². The topological polar surface area (TPSA) is 143 Å². The third kappa shape index (κ3) is 8.13. The summed E-state index contributed by atoms with van der Waals surface area (Å²) in [5.41, 5.74) is 6.17. The molecule has 1 fully saturated rings. The van der Waals surface area contributed by atoms with Crippen molar-refractivity contribution in [2.24, 2.45) is 23.5 Å². The largest absolute Gasteiger partial charge is 0.356 e. The van der Waals surface area contributed by atoms with Crippen LogP contribution in [0.4, 0.5) is 4.39 Å². The molecule has 44 heavy (non-hydrogen) atoms. The van der Waals surface area contributed by atoms with Crippen LogP contribution in [0.1, 0.15) is 65.8 Å². The zero-order chi connectivity index (χ0) is 31.7. The Balaban J connectivity index is 1.78. The Kier molecular flexibility index (Phi) is 10.9. The zero-order valence-corrected chi connectivity index (χ0v) is 25.1. The second-order valence-corrected chi connectivity index (χ2v) is 11.8. The van der Waals surface area contributed by atoms with Crippen molar-refractivity contribution in [1.29, 1.82) is 0 Å². The van der Waals surface area contributed by atoms with E-state index < -0.39 is 47.0 Å². The molecule has 5 N–H and O–H groups in total. The van der Waals surface area contributed by atoms with Crippen molar-refractivity contribution in [2.75, 3.05) is 6.54 Å². The van der Waals surface area contributed by atoms with Gasteiger partial charge in [-0.2, -0.15) is 0 Å². The van der Waals surface area contributed by atoms with Gasteiger partial charge < -0.3 is 21.7 Å². The van der Waals surface area contributed by atoms with Gasteiger partial charge >= 0.3 is 0 Å². The minimum absolute atomic E-state index is 0.00678. The van der Waals surface area contributed by atoms with Gasteiger partial charge in [0.25, 0.3) is 5.91 Å². The average Bonchev–Trinajstić information content (AvgIpc) is 3.24. The molecule has 1 aromatic heterocycles. The van der Waals surface area contributed by atoms with Gasteiger partial charge in [0.2, 0.25) is 17.6 Å². The summed E-state index contributed by atoms with van der Waals surface area (Å²) in [5.74, 6) is -4.20. The number of rotatable bonds is 12. The molecule has 10 heteroatoms. The zero-order valence-electron chi connectivity index (χ0n) is 25.1. The fraction of sp³-hybridized carbons (Fsp3) is 0.382. The van der Waals surface area contributed by atoms with Crippen LogP contribution in [-0.2, 0) is 16.0 Å². The number of carbonyl (C=O) groups excluding carboxylic acids is 4. The number of aromatic nitrogens is 1. The maximum Gasteiger partial charge on any atom is 0.253 e. The number of benzene rings is 2. The van der Waals surface area contributed by atoms with Crippen LogP contribution >= 0.6 is 0 Å². The van der Waals surface area contributed by atoms with Crippen LogP contribution in [0, 0.1) is 23.6 Å². The minimum Gasteiger partial charge on any atom is -0.356 e. The molecular weight excluding hydrogens is 561 g/mol. The SMILES string of the molecule is CC(C)CC(NC(=O)c1cccnc1)C(=O)NC(N)(C(=O)c1ccc(F)cc1)C(Cc1ccccc1)C1CCCCNC1=O. The van der Waals surface area contributed by atoms with Crippen molar-refractivity contribution in [3.05, 3.63) is 102 Å². The van der Waals surface area contributed by atoms with E-state index >= 15 is 0 Å². The Morgan fingerprint density at radius 3 is 2.41 bits per heavy atom. The van der Waals surface area contributed by atoms with Crippen molar-refractivity contribution >= 4 is 23.5 Å². The average molecular weight is 602 g/mol. The molecule has 4 rings (SSSR count). The standard InChI is InChI=1S/C34H40FN5O4/c1-22(2)19-29(39-31(42)25-11-8-17-37-21-25)33(44)40-34(36,30(41)24-13-15-26(35)16-14-24)28(20-23-9-4-3-5-10-23)27-12-6-7-18-38-32(27)43/h3-5,8-11,13-17,21-22,27-29H,6-7,12,18-20,36H2,1-2H3,(H,38,43)(H,39,42)(H,40,44). The predicted molar refractivity (Wildman–Crippen MR) is 165 cm³/mol. The first-order chi connectivity index (χ1) is 21.1. The van der Waals surface area contributed by atoms with Crippen LogP contribution in [0.5, 0.6) is 0 Å². The number of Topliss-reactive ketones (excluding diaryl/α,β-unsaturated/α-hetero) is 1. The molecule has 2 aromatic carbocycles. The second kappa shape index (κ2) is 14.8. The Labute approximate surface area is 257 Å². The second-order valence-electron chi connectivity index (χ2n) is 11.8. The van der Waals surface area contributed by atoms with E-state index in [1.807, 2.05) is 44.2 Å². The summed E-state index contributed by atoms with van der Waals surface area (Å²) in [4.78, 5) is 59.0. The van der Waals surface area contributed by atoms with E-state index in [4.69, 9.17) is 5.73 Å². The molecule has 3 aromatic rings. The van der Waals surface area contributed by atoms with Gasteiger partial charge in [-0.25, -0.2) is 4.39 Å². The number of ketones is 1. The van der Waals surface area contributed by atoms with E-state index in [9.17, 15) is 23.6 Å². The van der Waals surface area contributed by atoms with Crippen molar-refractivity contribution < 1.29 is 23.6 Å². The lowest BCUT2D eigenvalue weighted by Gasteiger charge is -2.41. The molecule has 0 radical (unpaired) electrons. The molecule has 1 aliphatic heterocycles. The Morgan fingerprint density at radius 1 is 1.02 bits per heavy atom. The number of hydrogen-bond acceptors (Lipinski definition) is 6. The smallest absolute Gasteiger partial charge is 0.253 e. The predicted octanol–water partition coefficient (Wildman–Crippen LogP) is 3.79. The summed E-state index contributed by atoms with van der Waals surface area (Å²) in [7, 11) is 0. The summed E-state index contributed by atoms with van der Waals surface area (Å²) < 4.78 is 13.9. The molecule has 3 amide bonds. The van der Waals surface area contributed by atoms with Crippen molar-refractivity contribution in [2.45, 2.75) is 57.7 Å². The lowest BCUT2D eigenvalue weighted by atomic mass is 9.72. The highest BCUT2D eigenvalue weighted by molar-refractivity contribution is 6.06. The Bertz CT molecular complexity index is 1440. The quantitative estimate of drug-likeness (QED) is 0.184. The number of carbonyl (C=O) groups is 4. The van der Waals surface area contributed by atoms with E-state index in [1.165, 1.54) is 24.5 Å². The third-order valence-corrected chi connectivity index (χ3v) is 8.01. The van der Waals surface area contributed by atoms with Crippen LogP contribution < -0.4 is 21.7 Å². The van der Waals surface area contributed by atoms with Gasteiger partial charge in [-0.3, -0.25) is 24.2 Å². The highest BCUT2D eigenvalue weighted by Gasteiger charge is 2.50. The van der Waals surface area contributed by atoms with Crippen LogP contribution in [0.3, 0.4) is 0 Å². The maximum absolute atomic E-state index is 14.4. The first-order valence-corrected chi connectivity index (χ1v) is 15.0. The van der Waals surface area contributed by atoms with Gasteiger partial charge in [-0.05, 0) is 73.6 Å². The molecule has 2 heterocycles. The molecule has 9 nitrogen and oxygen atoms in total. The van der Waals surface area contributed by atoms with Crippen molar-refractivity contribution in [3.8, 4) is 0 Å². The van der Waals surface area contributed by atoms with Crippen LogP contribution in [-0.4, -0.2) is 46.7 Å². The summed E-state index contributed by atoms with van der Waals surface area (Å²) in [6.07, 6.45) is 5.35. The molecule has 232 valence electrons. The normalized spacial score (nSPS) is 17.8.